The molecule has 0 bridgehead atoms. The van der Waals surface area contributed by atoms with Gasteiger partial charge in [0.15, 0.2) is 0 Å². The predicted octanol–water partition coefficient (Wildman–Crippen LogP) is 2.22. The molecule has 0 spiro atoms. The summed E-state index contributed by atoms with van der Waals surface area (Å²) in [6, 6.07) is 3.50. The van der Waals surface area contributed by atoms with Gasteiger partial charge < -0.3 is 15.0 Å². The highest BCUT2D eigenvalue weighted by molar-refractivity contribution is 5.62. The van der Waals surface area contributed by atoms with Gasteiger partial charge in [0.05, 0.1) is 19.2 Å². The maximum absolute atomic E-state index is 13.0. The topological polar surface area (TPSA) is 74.2 Å². The van der Waals surface area contributed by atoms with Crippen molar-refractivity contribution >= 4 is 0 Å². The molecule has 1 aromatic carbocycles. The van der Waals surface area contributed by atoms with Crippen LogP contribution in [0.5, 0.6) is 5.75 Å². The third-order valence-corrected chi connectivity index (χ3v) is 2.42. The minimum Gasteiger partial charge on any atom is -0.497 e. The van der Waals surface area contributed by atoms with Crippen molar-refractivity contribution in [1.82, 2.24) is 10.1 Å². The number of aromatic nitrogens is 2. The highest BCUT2D eigenvalue weighted by atomic mass is 19.4. The van der Waals surface area contributed by atoms with Gasteiger partial charge in [-0.25, -0.2) is 0 Å². The molecule has 0 fully saturated rings. The van der Waals surface area contributed by atoms with Crippen LogP contribution < -0.4 is 10.5 Å². The number of ether oxygens (including phenoxy) is 1. The highest BCUT2D eigenvalue weighted by Gasteiger charge is 2.35. The van der Waals surface area contributed by atoms with Crippen molar-refractivity contribution in [3.63, 3.8) is 0 Å². The third-order valence-electron chi connectivity index (χ3n) is 2.42. The van der Waals surface area contributed by atoms with Crippen molar-refractivity contribution in [1.29, 1.82) is 0 Å². The predicted molar refractivity (Wildman–Crippen MR) is 59.2 cm³/mol. The average molecular weight is 273 g/mol. The Balaban J connectivity index is 2.55. The fourth-order valence-corrected chi connectivity index (χ4v) is 1.53. The number of alkyl halides is 3. The summed E-state index contributed by atoms with van der Waals surface area (Å²) in [5, 5.41) is 3.48. The molecular weight excluding hydrogens is 263 g/mol. The molecule has 0 saturated carbocycles. The molecule has 0 atom stereocenters. The minimum atomic E-state index is -4.55. The van der Waals surface area contributed by atoms with E-state index in [4.69, 9.17) is 15.0 Å². The van der Waals surface area contributed by atoms with Crippen LogP contribution in [-0.2, 0) is 12.7 Å². The first kappa shape index (κ1) is 13.3. The molecular formula is C11H10F3N3O2. The molecule has 0 aliphatic heterocycles. The monoisotopic (exact) mass is 273 g/mol. The number of rotatable bonds is 3. The van der Waals surface area contributed by atoms with E-state index in [1.807, 2.05) is 0 Å². The highest BCUT2D eigenvalue weighted by Crippen LogP contribution is 2.38. The van der Waals surface area contributed by atoms with Crippen LogP contribution in [0.2, 0.25) is 0 Å². The Kier molecular flexibility index (Phi) is 3.43. The quantitative estimate of drug-likeness (QED) is 0.928. The van der Waals surface area contributed by atoms with Gasteiger partial charge in [-0.2, -0.15) is 18.2 Å². The van der Waals surface area contributed by atoms with Crippen LogP contribution in [0.25, 0.3) is 11.4 Å². The minimum absolute atomic E-state index is 0.0372. The van der Waals surface area contributed by atoms with E-state index in [1.165, 1.54) is 19.2 Å². The first-order valence-electron chi connectivity index (χ1n) is 5.24. The maximum Gasteiger partial charge on any atom is 0.417 e. The van der Waals surface area contributed by atoms with Crippen molar-refractivity contribution in [3.05, 3.63) is 29.7 Å². The molecule has 0 aliphatic rings. The molecule has 0 unspecified atom stereocenters. The van der Waals surface area contributed by atoms with Crippen molar-refractivity contribution < 1.29 is 22.4 Å². The van der Waals surface area contributed by atoms with E-state index in [2.05, 4.69) is 10.1 Å². The standard InChI is InChI=1S/C11H10F3N3O2/c1-18-6-2-3-7(8(4-6)11(12,13)14)10-16-9(5-15)19-17-10/h2-4H,5,15H2,1H3. The number of hydrogen-bond donors (Lipinski definition) is 1. The summed E-state index contributed by atoms with van der Waals surface area (Å²) in [5.74, 6) is 0.00740. The first-order chi connectivity index (χ1) is 8.95. The molecule has 0 amide bonds. The fraction of sp³-hybridized carbons (Fsp3) is 0.273. The van der Waals surface area contributed by atoms with Crippen LogP contribution in [0.15, 0.2) is 22.7 Å². The number of methoxy groups -OCH3 is 1. The number of nitrogens with two attached hydrogens (primary N) is 1. The van der Waals surface area contributed by atoms with E-state index in [1.54, 1.807) is 0 Å². The lowest BCUT2D eigenvalue weighted by Gasteiger charge is -2.11. The lowest BCUT2D eigenvalue weighted by atomic mass is 10.1. The Labute approximate surface area is 106 Å². The summed E-state index contributed by atoms with van der Waals surface area (Å²) in [5.41, 5.74) is 4.20. The zero-order valence-electron chi connectivity index (χ0n) is 9.86. The molecule has 8 heteroatoms. The van der Waals surface area contributed by atoms with Gasteiger partial charge >= 0.3 is 6.18 Å². The molecule has 2 rings (SSSR count). The molecule has 1 aromatic heterocycles. The normalized spacial score (nSPS) is 11.6. The van der Waals surface area contributed by atoms with Crippen molar-refractivity contribution in [2.24, 2.45) is 5.73 Å². The summed E-state index contributed by atoms with van der Waals surface area (Å²) in [4.78, 5) is 3.79. The zero-order valence-corrected chi connectivity index (χ0v) is 9.86. The van der Waals surface area contributed by atoms with Crippen molar-refractivity contribution in [2.75, 3.05) is 7.11 Å². The van der Waals surface area contributed by atoms with Gasteiger partial charge in [0.25, 0.3) is 0 Å². The van der Waals surface area contributed by atoms with Crippen LogP contribution >= 0.6 is 0 Å². The Hall–Kier alpha value is -2.09. The summed E-state index contributed by atoms with van der Waals surface area (Å²) >= 11 is 0. The van der Waals surface area contributed by atoms with Crippen LogP contribution in [0.1, 0.15) is 11.5 Å². The summed E-state index contributed by atoms with van der Waals surface area (Å²) in [7, 11) is 1.29. The van der Waals surface area contributed by atoms with Gasteiger partial charge in [-0.3, -0.25) is 0 Å². The lowest BCUT2D eigenvalue weighted by Crippen LogP contribution is -2.08. The molecule has 2 aromatic rings. The fourth-order valence-electron chi connectivity index (χ4n) is 1.53. The zero-order chi connectivity index (χ0) is 14.0. The molecule has 0 saturated heterocycles. The number of halogens is 3. The van der Waals surface area contributed by atoms with E-state index in [0.717, 1.165) is 6.07 Å². The van der Waals surface area contributed by atoms with Crippen molar-refractivity contribution in [2.45, 2.75) is 12.7 Å². The van der Waals surface area contributed by atoms with Gasteiger partial charge in [0, 0.05) is 5.56 Å². The van der Waals surface area contributed by atoms with E-state index >= 15 is 0 Å². The maximum atomic E-state index is 13.0. The molecule has 5 nitrogen and oxygen atoms in total. The van der Waals surface area contributed by atoms with Crippen LogP contribution in [0.3, 0.4) is 0 Å². The first-order valence-corrected chi connectivity index (χ1v) is 5.24. The second kappa shape index (κ2) is 4.88. The Morgan fingerprint density at radius 1 is 1.37 bits per heavy atom. The van der Waals surface area contributed by atoms with Crippen LogP contribution in [0.4, 0.5) is 13.2 Å². The summed E-state index contributed by atoms with van der Waals surface area (Å²) in [6.07, 6.45) is -4.55. The van der Waals surface area contributed by atoms with Crippen LogP contribution in [0, 0.1) is 0 Å². The van der Waals surface area contributed by atoms with Gasteiger partial charge in [-0.05, 0) is 18.2 Å². The Bertz CT molecular complexity index is 581. The van der Waals surface area contributed by atoms with Gasteiger partial charge in [-0.15, -0.1) is 0 Å². The average Bonchev–Trinajstić information content (AvgIpc) is 2.85. The van der Waals surface area contributed by atoms with Crippen molar-refractivity contribution in [3.8, 4) is 17.1 Å². The smallest absolute Gasteiger partial charge is 0.417 e. The number of hydrogen-bond acceptors (Lipinski definition) is 5. The Morgan fingerprint density at radius 3 is 2.63 bits per heavy atom. The second-order valence-electron chi connectivity index (χ2n) is 3.63. The van der Waals surface area contributed by atoms with E-state index in [9.17, 15) is 13.2 Å². The van der Waals surface area contributed by atoms with E-state index < -0.39 is 11.7 Å². The molecule has 1 heterocycles. The largest absolute Gasteiger partial charge is 0.497 e. The molecule has 19 heavy (non-hydrogen) atoms. The van der Waals surface area contributed by atoms with E-state index in [-0.39, 0.29) is 29.6 Å². The molecule has 2 N–H and O–H groups in total. The molecule has 102 valence electrons. The number of benzene rings is 1. The molecule has 0 aliphatic carbocycles. The second-order valence-corrected chi connectivity index (χ2v) is 3.63. The SMILES string of the molecule is COc1ccc(-c2noc(CN)n2)c(C(F)(F)F)c1. The lowest BCUT2D eigenvalue weighted by molar-refractivity contribution is -0.137. The van der Waals surface area contributed by atoms with Gasteiger partial charge in [-0.1, -0.05) is 5.16 Å². The Morgan fingerprint density at radius 2 is 2.11 bits per heavy atom. The van der Waals surface area contributed by atoms with E-state index in [0.29, 0.717) is 0 Å². The third kappa shape index (κ3) is 2.68. The summed E-state index contributed by atoms with van der Waals surface area (Å²) in [6.45, 7) is -0.0372. The van der Waals surface area contributed by atoms with Gasteiger partial charge in [0.2, 0.25) is 11.7 Å². The van der Waals surface area contributed by atoms with Gasteiger partial charge in [0.1, 0.15) is 5.75 Å². The summed E-state index contributed by atoms with van der Waals surface area (Å²) < 4.78 is 48.4. The number of nitrogens with zero attached hydrogens (tertiary/aromatic N) is 2. The van der Waals surface area contributed by atoms with Crippen LogP contribution in [-0.4, -0.2) is 17.3 Å². The molecule has 0 radical (unpaired) electrons.